The topological polar surface area (TPSA) is 91.4 Å². The molecule has 0 aromatic heterocycles. The third kappa shape index (κ3) is 3.00. The second-order valence-electron chi connectivity index (χ2n) is 12.1. The van der Waals surface area contributed by atoms with Gasteiger partial charge in [-0.25, -0.2) is 4.79 Å². The Morgan fingerprint density at radius 1 is 1.09 bits per heavy atom. The van der Waals surface area contributed by atoms with Crippen molar-refractivity contribution in [1.82, 2.24) is 0 Å². The first kappa shape index (κ1) is 24.1. The van der Waals surface area contributed by atoms with Crippen molar-refractivity contribution in [3.63, 3.8) is 0 Å². The average molecular weight is 477 g/mol. The number of methoxy groups -OCH3 is 2. The molecular formula is C27H40O7. The molecule has 5 fully saturated rings. The van der Waals surface area contributed by atoms with E-state index >= 15 is 0 Å². The number of Topliss-reactive ketones (excluding diaryl/α,β-unsaturated/α-hetero) is 1. The predicted molar refractivity (Wildman–Crippen MR) is 123 cm³/mol. The number of hydrogen-bond donors (Lipinski definition) is 0. The molecule has 7 nitrogen and oxygen atoms in total. The lowest BCUT2D eigenvalue weighted by molar-refractivity contribution is -0.147. The summed E-state index contributed by atoms with van der Waals surface area (Å²) in [6.45, 7) is 6.71. The van der Waals surface area contributed by atoms with Crippen molar-refractivity contribution in [2.24, 2.45) is 34.5 Å². The summed E-state index contributed by atoms with van der Waals surface area (Å²) in [6, 6.07) is 0. The molecule has 0 bridgehead atoms. The SMILES string of the molecule is COC(=O)CC[C@H](C)[C@H]1CC[C@@]23O[C@]24CC[C@@H]2C[C@@H](OC(=O)OC)CC[C@]2(C)[C@H]4CC(=O)[C@]13C. The fourth-order valence-electron chi connectivity index (χ4n) is 9.31. The van der Waals surface area contributed by atoms with Crippen LogP contribution in [0.1, 0.15) is 85.0 Å². The summed E-state index contributed by atoms with van der Waals surface area (Å²) >= 11 is 0. The van der Waals surface area contributed by atoms with Gasteiger partial charge in [0.25, 0.3) is 0 Å². The molecule has 190 valence electrons. The van der Waals surface area contributed by atoms with Crippen molar-refractivity contribution in [3.8, 4) is 0 Å². The van der Waals surface area contributed by atoms with E-state index < -0.39 is 11.6 Å². The molecule has 5 aliphatic rings. The quantitative estimate of drug-likeness (QED) is 0.414. The molecule has 1 saturated heterocycles. The highest BCUT2D eigenvalue weighted by Gasteiger charge is 2.88. The van der Waals surface area contributed by atoms with E-state index in [4.69, 9.17) is 18.9 Å². The number of esters is 1. The molecule has 0 aromatic rings. The first-order valence-electron chi connectivity index (χ1n) is 13.1. The molecule has 0 radical (unpaired) electrons. The zero-order valence-corrected chi connectivity index (χ0v) is 21.3. The van der Waals surface area contributed by atoms with E-state index in [2.05, 4.69) is 20.8 Å². The molecule has 1 aliphatic heterocycles. The van der Waals surface area contributed by atoms with Crippen molar-refractivity contribution >= 4 is 17.9 Å². The predicted octanol–water partition coefficient (Wildman–Crippen LogP) is 4.84. The number of carbonyl (C=O) groups excluding carboxylic acids is 3. The van der Waals surface area contributed by atoms with Gasteiger partial charge in [0.15, 0.2) is 0 Å². The summed E-state index contributed by atoms with van der Waals surface area (Å²) in [6.07, 6.45) is 7.53. The van der Waals surface area contributed by atoms with Crippen molar-refractivity contribution < 1.29 is 33.3 Å². The van der Waals surface area contributed by atoms with Crippen LogP contribution in [0.5, 0.6) is 0 Å². The maximum Gasteiger partial charge on any atom is 0.508 e. The Hall–Kier alpha value is -1.63. The van der Waals surface area contributed by atoms with Gasteiger partial charge in [0.1, 0.15) is 23.1 Å². The normalized spacial score (nSPS) is 47.4. The minimum atomic E-state index is -0.604. The molecule has 5 rings (SSSR count). The Balaban J connectivity index is 1.37. The molecule has 0 unspecified atom stereocenters. The Bertz CT molecular complexity index is 886. The van der Waals surface area contributed by atoms with E-state index in [-0.39, 0.29) is 46.4 Å². The zero-order valence-electron chi connectivity index (χ0n) is 21.3. The summed E-state index contributed by atoms with van der Waals surface area (Å²) in [4.78, 5) is 37.4. The van der Waals surface area contributed by atoms with E-state index in [9.17, 15) is 14.4 Å². The van der Waals surface area contributed by atoms with E-state index in [0.717, 1.165) is 51.4 Å². The Morgan fingerprint density at radius 3 is 2.56 bits per heavy atom. The van der Waals surface area contributed by atoms with Gasteiger partial charge < -0.3 is 18.9 Å². The van der Waals surface area contributed by atoms with Crippen LogP contribution in [0.4, 0.5) is 4.79 Å². The fraction of sp³-hybridized carbons (Fsp3) is 0.889. The van der Waals surface area contributed by atoms with Crippen LogP contribution in [0, 0.1) is 34.5 Å². The van der Waals surface area contributed by atoms with Crippen molar-refractivity contribution in [2.45, 2.75) is 102 Å². The van der Waals surface area contributed by atoms with Gasteiger partial charge in [-0.05, 0) is 81.5 Å². The van der Waals surface area contributed by atoms with Crippen LogP contribution in [0.3, 0.4) is 0 Å². The maximum absolute atomic E-state index is 14.0. The van der Waals surface area contributed by atoms with Crippen LogP contribution in [-0.4, -0.2) is 49.4 Å². The summed E-state index contributed by atoms with van der Waals surface area (Å²) in [5.41, 5.74) is -1.01. The zero-order chi connectivity index (χ0) is 24.5. The Kier molecular flexibility index (Phi) is 5.62. The smallest absolute Gasteiger partial charge is 0.469 e. The number of hydrogen-bond acceptors (Lipinski definition) is 7. The second-order valence-corrected chi connectivity index (χ2v) is 12.1. The van der Waals surface area contributed by atoms with E-state index in [1.54, 1.807) is 0 Å². The molecule has 34 heavy (non-hydrogen) atoms. The molecule has 4 saturated carbocycles. The average Bonchev–Trinajstić information content (AvgIpc) is 3.38. The Morgan fingerprint density at radius 2 is 1.85 bits per heavy atom. The highest BCUT2D eigenvalue weighted by Crippen LogP contribution is 2.80. The van der Waals surface area contributed by atoms with Gasteiger partial charge in [-0.3, -0.25) is 9.59 Å². The first-order valence-corrected chi connectivity index (χ1v) is 13.1. The van der Waals surface area contributed by atoms with Gasteiger partial charge in [-0.1, -0.05) is 13.8 Å². The third-order valence-corrected chi connectivity index (χ3v) is 11.2. The number of rotatable bonds is 5. The molecule has 0 N–H and O–H groups in total. The highest BCUT2D eigenvalue weighted by molar-refractivity contribution is 5.90. The van der Waals surface area contributed by atoms with Crippen molar-refractivity contribution in [3.05, 3.63) is 0 Å². The van der Waals surface area contributed by atoms with Gasteiger partial charge in [0.2, 0.25) is 0 Å². The first-order chi connectivity index (χ1) is 16.1. The lowest BCUT2D eigenvalue weighted by Crippen LogP contribution is -2.62. The highest BCUT2D eigenvalue weighted by atomic mass is 16.7. The fourth-order valence-corrected chi connectivity index (χ4v) is 9.31. The van der Waals surface area contributed by atoms with Gasteiger partial charge in [-0.15, -0.1) is 0 Å². The lowest BCUT2D eigenvalue weighted by Gasteiger charge is -2.57. The molecule has 4 aliphatic carbocycles. The summed E-state index contributed by atoms with van der Waals surface area (Å²) < 4.78 is 21.9. The van der Waals surface area contributed by atoms with E-state index in [1.807, 2.05) is 0 Å². The summed E-state index contributed by atoms with van der Waals surface area (Å²) in [7, 11) is 2.77. The molecule has 0 aromatic carbocycles. The molecule has 2 spiro atoms. The minimum Gasteiger partial charge on any atom is -0.469 e. The van der Waals surface area contributed by atoms with Gasteiger partial charge in [-0.2, -0.15) is 0 Å². The maximum atomic E-state index is 14.0. The van der Waals surface area contributed by atoms with Gasteiger partial charge >= 0.3 is 12.1 Å². The van der Waals surface area contributed by atoms with E-state index in [0.29, 0.717) is 24.5 Å². The summed E-state index contributed by atoms with van der Waals surface area (Å²) in [5, 5.41) is 0. The van der Waals surface area contributed by atoms with Crippen LogP contribution < -0.4 is 0 Å². The van der Waals surface area contributed by atoms with Crippen LogP contribution in [0.15, 0.2) is 0 Å². The van der Waals surface area contributed by atoms with Crippen LogP contribution >= 0.6 is 0 Å². The molecule has 9 atom stereocenters. The minimum absolute atomic E-state index is 0.0172. The van der Waals surface area contributed by atoms with Gasteiger partial charge in [0, 0.05) is 18.8 Å². The van der Waals surface area contributed by atoms with Crippen LogP contribution in [-0.2, 0) is 28.5 Å². The number of carbonyl (C=O) groups is 3. The molecule has 0 amide bonds. The van der Waals surface area contributed by atoms with Gasteiger partial charge in [0.05, 0.1) is 19.6 Å². The van der Waals surface area contributed by atoms with Crippen LogP contribution in [0.2, 0.25) is 0 Å². The largest absolute Gasteiger partial charge is 0.508 e. The number of ketones is 1. The second kappa shape index (κ2) is 7.94. The van der Waals surface area contributed by atoms with E-state index in [1.165, 1.54) is 14.2 Å². The number of fused-ring (bicyclic) bond motifs is 2. The molecule has 1 heterocycles. The number of epoxide rings is 1. The Labute approximate surface area is 202 Å². The monoisotopic (exact) mass is 476 g/mol. The lowest BCUT2D eigenvalue weighted by atomic mass is 9.44. The standard InChI is InChI=1S/C27H40O7/c1-16(6-7-22(29)31-4)19-10-13-27-25(19,3)21(28)15-20-24(2)11-9-18(33-23(30)32-5)14-17(24)8-12-26(20,27)34-27/h16-20H,6-15H2,1-5H3/t16-,17+,18-,19+,20+,24-,25-,26-,27-/m0/s1. The van der Waals surface area contributed by atoms with Crippen molar-refractivity contribution in [1.29, 1.82) is 0 Å². The molecular weight excluding hydrogens is 436 g/mol. The van der Waals surface area contributed by atoms with Crippen LogP contribution in [0.25, 0.3) is 0 Å². The molecule has 7 heteroatoms. The third-order valence-electron chi connectivity index (χ3n) is 11.2. The van der Waals surface area contributed by atoms with Crippen molar-refractivity contribution in [2.75, 3.05) is 14.2 Å². The number of ether oxygens (including phenoxy) is 4. The summed E-state index contributed by atoms with van der Waals surface area (Å²) in [5.74, 6) is 1.32.